The van der Waals surface area contributed by atoms with Crippen molar-refractivity contribution in [2.24, 2.45) is 5.92 Å². The Balaban J connectivity index is 3.24. The van der Waals surface area contributed by atoms with Gasteiger partial charge >= 0.3 is 5.97 Å². The number of halogens is 1. The number of sulfonamides is 1. The van der Waals surface area contributed by atoms with Crippen molar-refractivity contribution in [3.8, 4) is 11.5 Å². The number of aliphatic carboxylic acids is 1. The quantitative estimate of drug-likeness (QED) is 0.739. The van der Waals surface area contributed by atoms with E-state index in [9.17, 15) is 17.6 Å². The van der Waals surface area contributed by atoms with Crippen LogP contribution in [0.25, 0.3) is 0 Å². The summed E-state index contributed by atoms with van der Waals surface area (Å²) in [7, 11) is -1.82. The van der Waals surface area contributed by atoms with E-state index in [2.05, 4.69) is 0 Å². The lowest BCUT2D eigenvalue weighted by atomic mass is 10.1. The summed E-state index contributed by atoms with van der Waals surface area (Å²) in [4.78, 5) is 10.5. The van der Waals surface area contributed by atoms with Crippen LogP contribution in [0.1, 0.15) is 20.3 Å². The maximum absolute atomic E-state index is 14.1. The molecule has 2 N–H and O–H groups in total. The second kappa shape index (κ2) is 7.60. The monoisotopic (exact) mass is 349 g/mol. The number of carbonyl (C=O) groups is 1. The molecule has 0 spiro atoms. The van der Waals surface area contributed by atoms with Crippen molar-refractivity contribution in [1.29, 1.82) is 0 Å². The van der Waals surface area contributed by atoms with E-state index in [1.165, 1.54) is 14.2 Å². The second-order valence-corrected chi connectivity index (χ2v) is 6.96. The zero-order valence-electron chi connectivity index (χ0n) is 13.3. The molecule has 130 valence electrons. The van der Waals surface area contributed by atoms with Crippen molar-refractivity contribution in [3.63, 3.8) is 0 Å². The average molecular weight is 349 g/mol. The zero-order chi connectivity index (χ0) is 17.8. The van der Waals surface area contributed by atoms with Crippen LogP contribution in [0.5, 0.6) is 11.5 Å². The summed E-state index contributed by atoms with van der Waals surface area (Å²) >= 11 is 0. The van der Waals surface area contributed by atoms with Gasteiger partial charge in [0, 0.05) is 12.1 Å². The van der Waals surface area contributed by atoms with Gasteiger partial charge in [-0.1, -0.05) is 13.8 Å². The first-order valence-electron chi connectivity index (χ1n) is 6.79. The highest BCUT2D eigenvalue weighted by molar-refractivity contribution is 7.89. The van der Waals surface area contributed by atoms with Gasteiger partial charge in [0.1, 0.15) is 16.8 Å². The molecule has 0 saturated carbocycles. The smallest absolute Gasteiger partial charge is 0.321 e. The van der Waals surface area contributed by atoms with Gasteiger partial charge in [-0.3, -0.25) is 4.79 Å². The Bertz CT molecular complexity index is 674. The molecule has 0 heterocycles. The average Bonchev–Trinajstić information content (AvgIpc) is 2.44. The van der Waals surface area contributed by atoms with Gasteiger partial charge in [0.15, 0.2) is 11.5 Å². The van der Waals surface area contributed by atoms with Crippen LogP contribution in [0, 0.1) is 11.7 Å². The van der Waals surface area contributed by atoms with Gasteiger partial charge in [-0.05, 0) is 12.3 Å². The first kappa shape index (κ1) is 19.2. The predicted octanol–water partition coefficient (Wildman–Crippen LogP) is 1.62. The number of carboxylic acids is 1. The molecule has 0 aliphatic carbocycles. The molecule has 0 fully saturated rings. The highest BCUT2D eigenvalue weighted by atomic mass is 32.2. The number of rotatable bonds is 8. The van der Waals surface area contributed by atoms with E-state index in [4.69, 9.17) is 14.6 Å². The summed E-state index contributed by atoms with van der Waals surface area (Å²) in [6.07, 6.45) is 0.0729. The van der Waals surface area contributed by atoms with Crippen molar-refractivity contribution in [1.82, 2.24) is 4.72 Å². The summed E-state index contributed by atoms with van der Waals surface area (Å²) in [6.45, 7) is 3.50. The summed E-state index contributed by atoms with van der Waals surface area (Å²) in [6, 6.07) is 0.462. The fraction of sp³-hybridized carbons (Fsp3) is 0.500. The van der Waals surface area contributed by atoms with Crippen LogP contribution < -0.4 is 14.2 Å². The summed E-state index contributed by atoms with van der Waals surface area (Å²) < 4.78 is 50.5. The molecule has 0 aromatic heterocycles. The zero-order valence-corrected chi connectivity index (χ0v) is 14.1. The van der Waals surface area contributed by atoms with Crippen LogP contribution in [0.3, 0.4) is 0 Å². The summed E-state index contributed by atoms with van der Waals surface area (Å²) in [5, 5.41) is 9.12. The number of nitrogens with one attached hydrogen (secondary N) is 1. The van der Waals surface area contributed by atoms with E-state index >= 15 is 0 Å². The van der Waals surface area contributed by atoms with E-state index in [1.54, 1.807) is 13.8 Å². The maximum Gasteiger partial charge on any atom is 0.321 e. The molecule has 1 unspecified atom stereocenters. The molecule has 1 atom stereocenters. The van der Waals surface area contributed by atoms with E-state index < -0.39 is 32.7 Å². The van der Waals surface area contributed by atoms with Crippen LogP contribution >= 0.6 is 0 Å². The number of ether oxygens (including phenoxy) is 2. The van der Waals surface area contributed by atoms with Crippen molar-refractivity contribution in [2.45, 2.75) is 31.2 Å². The Kier molecular flexibility index (Phi) is 6.34. The largest absolute Gasteiger partial charge is 0.493 e. The number of benzene rings is 1. The van der Waals surface area contributed by atoms with Gasteiger partial charge in [-0.15, -0.1) is 0 Å². The second-order valence-electron chi connectivity index (χ2n) is 5.28. The molecule has 0 radical (unpaired) electrons. The van der Waals surface area contributed by atoms with E-state index in [0.717, 1.165) is 12.1 Å². The van der Waals surface area contributed by atoms with Crippen LogP contribution in [0.4, 0.5) is 4.39 Å². The van der Waals surface area contributed by atoms with Crippen molar-refractivity contribution < 1.29 is 32.2 Å². The van der Waals surface area contributed by atoms with E-state index in [1.807, 2.05) is 4.72 Å². The fourth-order valence-electron chi connectivity index (χ4n) is 1.96. The third-order valence-electron chi connectivity index (χ3n) is 3.03. The lowest BCUT2D eigenvalue weighted by molar-refractivity contribution is -0.139. The molecular weight excluding hydrogens is 329 g/mol. The van der Waals surface area contributed by atoms with Gasteiger partial charge in [-0.2, -0.15) is 4.72 Å². The standard InChI is InChI=1S/C14H20FNO6S/c1-8(2)5-10(14(17)18)16-23(19,20)13-7-12(22-4)11(21-3)6-9(13)15/h6-8,10,16H,5H2,1-4H3,(H,17,18). The Morgan fingerprint density at radius 2 is 1.78 bits per heavy atom. The van der Waals surface area contributed by atoms with Crippen LogP contribution in [-0.4, -0.2) is 39.8 Å². The Hall–Kier alpha value is -1.87. The van der Waals surface area contributed by atoms with Gasteiger partial charge in [-0.25, -0.2) is 12.8 Å². The molecule has 0 saturated heterocycles. The third-order valence-corrected chi connectivity index (χ3v) is 4.52. The summed E-state index contributed by atoms with van der Waals surface area (Å²) in [5.74, 6) is -2.41. The Morgan fingerprint density at radius 1 is 1.26 bits per heavy atom. The van der Waals surface area contributed by atoms with Crippen molar-refractivity contribution in [2.75, 3.05) is 14.2 Å². The molecule has 0 aliphatic heterocycles. The molecule has 0 aliphatic rings. The van der Waals surface area contributed by atoms with Crippen LogP contribution in [0.2, 0.25) is 0 Å². The van der Waals surface area contributed by atoms with Crippen LogP contribution in [0.15, 0.2) is 17.0 Å². The predicted molar refractivity (Wildman–Crippen MR) is 80.7 cm³/mol. The molecule has 1 aromatic rings. The normalized spacial score (nSPS) is 13.0. The van der Waals surface area contributed by atoms with Crippen LogP contribution in [-0.2, 0) is 14.8 Å². The summed E-state index contributed by atoms with van der Waals surface area (Å²) in [5.41, 5.74) is 0. The first-order valence-corrected chi connectivity index (χ1v) is 8.27. The van der Waals surface area contributed by atoms with Gasteiger partial charge in [0.05, 0.1) is 14.2 Å². The van der Waals surface area contributed by atoms with Crippen molar-refractivity contribution >= 4 is 16.0 Å². The van der Waals surface area contributed by atoms with Crippen molar-refractivity contribution in [3.05, 3.63) is 17.9 Å². The highest BCUT2D eigenvalue weighted by Gasteiger charge is 2.29. The highest BCUT2D eigenvalue weighted by Crippen LogP contribution is 2.32. The van der Waals surface area contributed by atoms with E-state index in [-0.39, 0.29) is 23.8 Å². The van der Waals surface area contributed by atoms with Gasteiger partial charge in [0.2, 0.25) is 10.0 Å². The first-order chi connectivity index (χ1) is 10.6. The third kappa shape index (κ3) is 4.80. The maximum atomic E-state index is 14.1. The molecule has 7 nitrogen and oxygen atoms in total. The Labute approximate surface area is 134 Å². The number of hydrogen-bond donors (Lipinski definition) is 2. The topological polar surface area (TPSA) is 102 Å². The number of carboxylic acid groups (broad SMARTS) is 1. The molecule has 9 heteroatoms. The molecule has 0 amide bonds. The Morgan fingerprint density at radius 3 is 2.22 bits per heavy atom. The lowest BCUT2D eigenvalue weighted by Gasteiger charge is -2.17. The fourth-order valence-corrected chi connectivity index (χ4v) is 3.24. The molecular formula is C14H20FNO6S. The molecule has 23 heavy (non-hydrogen) atoms. The molecule has 1 aromatic carbocycles. The van der Waals surface area contributed by atoms with Gasteiger partial charge < -0.3 is 14.6 Å². The molecule has 0 bridgehead atoms. The SMILES string of the molecule is COc1cc(F)c(S(=O)(=O)NC(CC(C)C)C(=O)O)cc1OC. The van der Waals surface area contributed by atoms with E-state index in [0.29, 0.717) is 0 Å². The lowest BCUT2D eigenvalue weighted by Crippen LogP contribution is -2.41. The minimum Gasteiger partial charge on any atom is -0.493 e. The van der Waals surface area contributed by atoms with Gasteiger partial charge in [0.25, 0.3) is 0 Å². The minimum atomic E-state index is -4.38. The minimum absolute atomic E-state index is 0.0185. The number of hydrogen-bond acceptors (Lipinski definition) is 5. The number of methoxy groups -OCH3 is 2. The molecule has 1 rings (SSSR count).